The highest BCUT2D eigenvalue weighted by Gasteiger charge is 2.32. The lowest BCUT2D eigenvalue weighted by atomic mass is 9.87. The summed E-state index contributed by atoms with van der Waals surface area (Å²) in [7, 11) is 0. The number of aromatic amines is 1. The van der Waals surface area contributed by atoms with E-state index < -0.39 is 5.97 Å². The molecule has 0 fully saturated rings. The molecular formula is C18H11NO4. The van der Waals surface area contributed by atoms with E-state index in [4.69, 9.17) is 4.74 Å². The minimum absolute atomic E-state index is 0.207. The van der Waals surface area contributed by atoms with Gasteiger partial charge in [0.1, 0.15) is 5.75 Å². The smallest absolute Gasteiger partial charge is 0.308 e. The van der Waals surface area contributed by atoms with Crippen molar-refractivity contribution < 1.29 is 19.1 Å². The molecule has 1 aromatic heterocycles. The van der Waals surface area contributed by atoms with Crippen LogP contribution in [0.25, 0.3) is 10.9 Å². The Labute approximate surface area is 130 Å². The number of aromatic nitrogens is 1. The number of rotatable bonds is 1. The molecule has 0 atom stereocenters. The fraction of sp³-hybridized carbons (Fsp3) is 0.0556. The van der Waals surface area contributed by atoms with Gasteiger partial charge in [0.05, 0.1) is 11.3 Å². The van der Waals surface area contributed by atoms with Gasteiger partial charge in [-0.15, -0.1) is 0 Å². The Balaban J connectivity index is 1.98. The van der Waals surface area contributed by atoms with E-state index in [0.29, 0.717) is 33.3 Å². The fourth-order valence-corrected chi connectivity index (χ4v) is 2.96. The maximum atomic E-state index is 12.8. The molecule has 23 heavy (non-hydrogen) atoms. The van der Waals surface area contributed by atoms with Gasteiger partial charge in [-0.05, 0) is 18.2 Å². The van der Waals surface area contributed by atoms with E-state index in [-0.39, 0.29) is 17.3 Å². The Bertz CT molecular complexity index is 1010. The lowest BCUT2D eigenvalue weighted by Crippen LogP contribution is -2.20. The van der Waals surface area contributed by atoms with E-state index in [1.807, 2.05) is 0 Å². The van der Waals surface area contributed by atoms with E-state index in [2.05, 4.69) is 4.98 Å². The number of carbonyl (C=O) groups is 3. The van der Waals surface area contributed by atoms with Crippen molar-refractivity contribution in [2.24, 2.45) is 0 Å². The van der Waals surface area contributed by atoms with Crippen molar-refractivity contribution >= 4 is 28.4 Å². The number of ether oxygens (including phenoxy) is 1. The maximum Gasteiger partial charge on any atom is 0.308 e. The van der Waals surface area contributed by atoms with Crippen molar-refractivity contribution in [3.63, 3.8) is 0 Å². The monoisotopic (exact) mass is 305 g/mol. The normalized spacial score (nSPS) is 12.9. The molecule has 1 heterocycles. The summed E-state index contributed by atoms with van der Waals surface area (Å²) in [5, 5.41) is 0.576. The first-order valence-electron chi connectivity index (χ1n) is 7.09. The molecule has 0 radical (unpaired) electrons. The van der Waals surface area contributed by atoms with Crippen LogP contribution < -0.4 is 4.74 Å². The lowest BCUT2D eigenvalue weighted by Gasteiger charge is -2.13. The van der Waals surface area contributed by atoms with E-state index >= 15 is 0 Å². The van der Waals surface area contributed by atoms with Crippen LogP contribution in [0.3, 0.4) is 0 Å². The predicted molar refractivity (Wildman–Crippen MR) is 82.9 cm³/mol. The molecule has 3 aromatic rings. The third-order valence-corrected chi connectivity index (χ3v) is 3.90. The summed E-state index contributed by atoms with van der Waals surface area (Å²) in [6, 6.07) is 11.7. The maximum absolute atomic E-state index is 12.8. The molecular weight excluding hydrogens is 294 g/mol. The zero-order chi connectivity index (χ0) is 16.1. The number of ketones is 2. The van der Waals surface area contributed by atoms with Crippen molar-refractivity contribution in [2.75, 3.05) is 0 Å². The first-order chi connectivity index (χ1) is 11.1. The molecule has 0 saturated heterocycles. The van der Waals surface area contributed by atoms with Crippen LogP contribution in [-0.4, -0.2) is 22.5 Å². The Morgan fingerprint density at radius 3 is 2.39 bits per heavy atom. The van der Waals surface area contributed by atoms with E-state index in [0.717, 1.165) is 0 Å². The van der Waals surface area contributed by atoms with E-state index in [1.165, 1.54) is 6.92 Å². The van der Waals surface area contributed by atoms with Gasteiger partial charge in [0.15, 0.2) is 5.78 Å². The Morgan fingerprint density at radius 1 is 1.00 bits per heavy atom. The number of esters is 1. The Kier molecular flexibility index (Phi) is 2.72. The minimum Gasteiger partial charge on any atom is -0.427 e. The molecule has 0 unspecified atom stereocenters. The summed E-state index contributed by atoms with van der Waals surface area (Å²) >= 11 is 0. The number of fused-ring (bicyclic) bond motifs is 4. The fourth-order valence-electron chi connectivity index (χ4n) is 2.96. The predicted octanol–water partition coefficient (Wildman–Crippen LogP) is 2.87. The second-order valence-electron chi connectivity index (χ2n) is 5.38. The van der Waals surface area contributed by atoms with Crippen LogP contribution in [0.1, 0.15) is 38.9 Å². The molecule has 5 nitrogen and oxygen atoms in total. The zero-order valence-corrected chi connectivity index (χ0v) is 12.2. The number of H-pyrrole nitrogens is 1. The molecule has 112 valence electrons. The Hall–Kier alpha value is -3.21. The standard InChI is InChI=1S/C18H11NO4/c1-9(20)23-10-6-7-14-13(8-10)15-16(19-14)18(22)12-5-3-2-4-11(12)17(15)21/h2-8,19H,1H3. The number of benzene rings is 2. The molecule has 5 heteroatoms. The van der Waals surface area contributed by atoms with Gasteiger partial charge in [-0.1, -0.05) is 24.3 Å². The highest BCUT2D eigenvalue weighted by atomic mass is 16.5. The van der Waals surface area contributed by atoms with Gasteiger partial charge < -0.3 is 9.72 Å². The van der Waals surface area contributed by atoms with Crippen LogP contribution in [0.2, 0.25) is 0 Å². The summed E-state index contributed by atoms with van der Waals surface area (Å²) in [4.78, 5) is 39.5. The van der Waals surface area contributed by atoms with Crippen molar-refractivity contribution in [1.29, 1.82) is 0 Å². The molecule has 0 saturated carbocycles. The number of hydrogen-bond donors (Lipinski definition) is 1. The van der Waals surface area contributed by atoms with Gasteiger partial charge in [0.25, 0.3) is 0 Å². The van der Waals surface area contributed by atoms with Gasteiger partial charge >= 0.3 is 5.97 Å². The molecule has 0 spiro atoms. The SMILES string of the molecule is CC(=O)Oc1ccc2[nH]c3c(c2c1)C(=O)c1ccccc1C3=O. The average molecular weight is 305 g/mol. The van der Waals surface area contributed by atoms with Gasteiger partial charge in [-0.25, -0.2) is 0 Å². The van der Waals surface area contributed by atoms with Gasteiger partial charge in [0, 0.05) is 29.0 Å². The van der Waals surface area contributed by atoms with Crippen LogP contribution in [0, 0.1) is 0 Å². The first kappa shape index (κ1) is 13.5. The van der Waals surface area contributed by atoms with Crippen LogP contribution in [0.5, 0.6) is 5.75 Å². The molecule has 1 N–H and O–H groups in total. The van der Waals surface area contributed by atoms with Gasteiger partial charge in [0.2, 0.25) is 5.78 Å². The highest BCUT2D eigenvalue weighted by molar-refractivity contribution is 6.32. The van der Waals surface area contributed by atoms with Gasteiger partial charge in [-0.3, -0.25) is 14.4 Å². The molecule has 1 aliphatic carbocycles. The summed E-state index contributed by atoms with van der Waals surface area (Å²) < 4.78 is 5.07. The summed E-state index contributed by atoms with van der Waals surface area (Å²) in [5.74, 6) is -0.519. The summed E-state index contributed by atoms with van der Waals surface area (Å²) in [5.41, 5.74) is 2.06. The zero-order valence-electron chi connectivity index (χ0n) is 12.2. The number of hydrogen-bond acceptors (Lipinski definition) is 4. The van der Waals surface area contributed by atoms with Crippen molar-refractivity contribution in [1.82, 2.24) is 4.98 Å². The van der Waals surface area contributed by atoms with Crippen LogP contribution >= 0.6 is 0 Å². The average Bonchev–Trinajstić information content (AvgIpc) is 2.91. The Morgan fingerprint density at radius 2 is 1.70 bits per heavy atom. The second-order valence-corrected chi connectivity index (χ2v) is 5.38. The van der Waals surface area contributed by atoms with Crippen molar-refractivity contribution in [2.45, 2.75) is 6.92 Å². The first-order valence-corrected chi connectivity index (χ1v) is 7.09. The molecule has 2 aromatic carbocycles. The van der Waals surface area contributed by atoms with Crippen molar-refractivity contribution in [3.8, 4) is 5.75 Å². The largest absolute Gasteiger partial charge is 0.427 e. The summed E-state index contributed by atoms with van der Waals surface area (Å²) in [6.07, 6.45) is 0. The number of nitrogens with one attached hydrogen (secondary N) is 1. The second kappa shape index (κ2) is 4.64. The summed E-state index contributed by atoms with van der Waals surface area (Å²) in [6.45, 7) is 1.31. The molecule has 0 aliphatic heterocycles. The molecule has 4 rings (SSSR count). The van der Waals surface area contributed by atoms with E-state index in [1.54, 1.807) is 42.5 Å². The quantitative estimate of drug-likeness (QED) is 0.433. The van der Waals surface area contributed by atoms with Crippen LogP contribution in [-0.2, 0) is 4.79 Å². The third-order valence-electron chi connectivity index (χ3n) is 3.90. The van der Waals surface area contributed by atoms with Gasteiger partial charge in [-0.2, -0.15) is 0 Å². The molecule has 0 amide bonds. The lowest BCUT2D eigenvalue weighted by molar-refractivity contribution is -0.131. The molecule has 0 bridgehead atoms. The highest BCUT2D eigenvalue weighted by Crippen LogP contribution is 2.34. The van der Waals surface area contributed by atoms with Crippen molar-refractivity contribution in [3.05, 3.63) is 64.8 Å². The topological polar surface area (TPSA) is 76.2 Å². The minimum atomic E-state index is -0.443. The molecule has 1 aliphatic rings. The number of carbonyl (C=O) groups excluding carboxylic acids is 3. The van der Waals surface area contributed by atoms with Crippen LogP contribution in [0.15, 0.2) is 42.5 Å². The van der Waals surface area contributed by atoms with E-state index in [9.17, 15) is 14.4 Å². The van der Waals surface area contributed by atoms with Crippen LogP contribution in [0.4, 0.5) is 0 Å². The third kappa shape index (κ3) is 1.90.